The van der Waals surface area contributed by atoms with Crippen molar-refractivity contribution in [2.45, 2.75) is 51.1 Å². The van der Waals surface area contributed by atoms with E-state index < -0.39 is 5.97 Å². The first-order valence-electron chi connectivity index (χ1n) is 8.93. The molecule has 8 nitrogen and oxygen atoms in total. The summed E-state index contributed by atoms with van der Waals surface area (Å²) in [6, 6.07) is 7.41. The van der Waals surface area contributed by atoms with E-state index in [1.807, 2.05) is 19.1 Å². The molecule has 2 heterocycles. The molecular weight excluding hydrogens is 332 g/mol. The number of carbonyl (C=O) groups is 1. The van der Waals surface area contributed by atoms with Gasteiger partial charge in [0.2, 0.25) is 0 Å². The molecule has 3 rings (SSSR count). The van der Waals surface area contributed by atoms with Crippen LogP contribution >= 0.6 is 0 Å². The van der Waals surface area contributed by atoms with Crippen molar-refractivity contribution in [2.75, 3.05) is 10.6 Å². The summed E-state index contributed by atoms with van der Waals surface area (Å²) in [7, 11) is 0. The third kappa shape index (κ3) is 4.26. The summed E-state index contributed by atoms with van der Waals surface area (Å²) in [6.45, 7) is 2.01. The van der Waals surface area contributed by atoms with Crippen LogP contribution in [0.4, 0.5) is 17.3 Å². The van der Waals surface area contributed by atoms with Gasteiger partial charge in [-0.1, -0.05) is 25.8 Å². The minimum Gasteiger partial charge on any atom is -0.476 e. The molecule has 5 N–H and O–H groups in total. The van der Waals surface area contributed by atoms with Crippen molar-refractivity contribution in [1.82, 2.24) is 15.2 Å². The monoisotopic (exact) mass is 356 g/mol. The number of carboxylic acid groups (broad SMARTS) is 1. The average molecular weight is 356 g/mol. The van der Waals surface area contributed by atoms with Crippen LogP contribution in [0, 0.1) is 0 Å². The number of rotatable bonds is 6. The first-order chi connectivity index (χ1) is 12.6. The Balaban J connectivity index is 1.85. The molecule has 1 saturated carbocycles. The number of carboxylic acids is 1. The largest absolute Gasteiger partial charge is 0.476 e. The lowest BCUT2D eigenvalue weighted by molar-refractivity contribution is 0.0690. The van der Waals surface area contributed by atoms with Crippen LogP contribution in [0.15, 0.2) is 24.3 Å². The molecule has 2 atom stereocenters. The second-order valence-corrected chi connectivity index (χ2v) is 6.49. The molecular formula is C18H24N6O2. The summed E-state index contributed by atoms with van der Waals surface area (Å²) >= 11 is 0. The lowest BCUT2D eigenvalue weighted by atomic mass is 9.91. The normalized spacial score (nSPS) is 19.8. The van der Waals surface area contributed by atoms with Crippen LogP contribution in [0.3, 0.4) is 0 Å². The summed E-state index contributed by atoms with van der Waals surface area (Å²) in [5.74, 6) is -0.0702. The number of anilines is 3. The molecule has 0 saturated heterocycles. The summed E-state index contributed by atoms with van der Waals surface area (Å²) in [6.07, 6.45) is 4.98. The third-order valence-electron chi connectivity index (χ3n) is 4.58. The van der Waals surface area contributed by atoms with Crippen LogP contribution in [0.5, 0.6) is 0 Å². The first kappa shape index (κ1) is 18.1. The number of hydrogen-bond acceptors (Lipinski definition) is 7. The SMILES string of the molecule is CCc1cccc(Nc2cc(N[C@@H]3CCCC[C@@H]3N)nnc2C(=O)O)n1. The number of nitrogens with two attached hydrogens (primary N) is 1. The molecule has 0 aliphatic heterocycles. The van der Waals surface area contributed by atoms with Crippen LogP contribution in [0.25, 0.3) is 0 Å². The van der Waals surface area contributed by atoms with Crippen LogP contribution in [-0.2, 0) is 6.42 Å². The van der Waals surface area contributed by atoms with Gasteiger partial charge < -0.3 is 21.5 Å². The van der Waals surface area contributed by atoms with E-state index in [1.54, 1.807) is 12.1 Å². The smallest absolute Gasteiger partial charge is 0.358 e. The molecule has 1 aliphatic carbocycles. The molecule has 0 amide bonds. The van der Waals surface area contributed by atoms with Crippen molar-refractivity contribution in [3.8, 4) is 0 Å². The van der Waals surface area contributed by atoms with Crippen molar-refractivity contribution in [3.63, 3.8) is 0 Å². The van der Waals surface area contributed by atoms with Crippen LogP contribution in [-0.4, -0.2) is 38.3 Å². The Hall–Kier alpha value is -2.74. The molecule has 1 aliphatic rings. The van der Waals surface area contributed by atoms with E-state index in [9.17, 15) is 9.90 Å². The van der Waals surface area contributed by atoms with Gasteiger partial charge in [0.15, 0.2) is 11.5 Å². The van der Waals surface area contributed by atoms with Crippen LogP contribution < -0.4 is 16.4 Å². The molecule has 1 fully saturated rings. The number of pyridine rings is 1. The standard InChI is InChI=1S/C18H24N6O2/c1-2-11-6-5-9-15(20-11)22-14-10-16(23-24-17(14)18(25)26)21-13-8-4-3-7-12(13)19/h5-6,9-10,12-13H,2-4,7-8,19H2,1H3,(H,25,26)(H2,20,21,22,23)/t12-,13+/m0/s1. The molecule has 0 unspecified atom stereocenters. The number of nitrogens with one attached hydrogen (secondary N) is 2. The van der Waals surface area contributed by atoms with Crippen molar-refractivity contribution in [1.29, 1.82) is 0 Å². The van der Waals surface area contributed by atoms with Crippen molar-refractivity contribution < 1.29 is 9.90 Å². The maximum absolute atomic E-state index is 11.5. The summed E-state index contributed by atoms with van der Waals surface area (Å²) in [5.41, 5.74) is 7.29. The number of nitrogens with zero attached hydrogens (tertiary/aromatic N) is 3. The lowest BCUT2D eigenvalue weighted by Gasteiger charge is -2.29. The molecule has 0 radical (unpaired) electrons. The van der Waals surface area contributed by atoms with Gasteiger partial charge in [-0.2, -0.15) is 0 Å². The second-order valence-electron chi connectivity index (χ2n) is 6.49. The minimum atomic E-state index is -1.15. The van der Waals surface area contributed by atoms with Gasteiger partial charge in [-0.05, 0) is 31.4 Å². The Morgan fingerprint density at radius 1 is 1.27 bits per heavy atom. The van der Waals surface area contributed by atoms with E-state index in [-0.39, 0.29) is 17.8 Å². The van der Waals surface area contributed by atoms with E-state index in [0.29, 0.717) is 17.3 Å². The highest BCUT2D eigenvalue weighted by molar-refractivity contribution is 5.93. The van der Waals surface area contributed by atoms with Gasteiger partial charge in [-0.15, -0.1) is 10.2 Å². The fourth-order valence-corrected chi connectivity index (χ4v) is 3.13. The molecule has 0 spiro atoms. The highest BCUT2D eigenvalue weighted by atomic mass is 16.4. The first-order valence-corrected chi connectivity index (χ1v) is 8.93. The van der Waals surface area contributed by atoms with E-state index >= 15 is 0 Å². The van der Waals surface area contributed by atoms with Gasteiger partial charge in [0.05, 0.1) is 5.69 Å². The number of aromatic nitrogens is 3. The van der Waals surface area contributed by atoms with Crippen LogP contribution in [0.2, 0.25) is 0 Å². The van der Waals surface area contributed by atoms with Crippen LogP contribution in [0.1, 0.15) is 48.8 Å². The highest BCUT2D eigenvalue weighted by Gasteiger charge is 2.23. The zero-order valence-corrected chi connectivity index (χ0v) is 14.8. The molecule has 26 heavy (non-hydrogen) atoms. The Labute approximate surface area is 152 Å². The highest BCUT2D eigenvalue weighted by Crippen LogP contribution is 2.24. The zero-order valence-electron chi connectivity index (χ0n) is 14.8. The Kier molecular flexibility index (Phi) is 5.62. The minimum absolute atomic E-state index is 0.0593. The van der Waals surface area contributed by atoms with E-state index in [2.05, 4.69) is 25.8 Å². The Morgan fingerprint density at radius 3 is 2.81 bits per heavy atom. The van der Waals surface area contributed by atoms with E-state index in [0.717, 1.165) is 37.8 Å². The molecule has 0 bridgehead atoms. The zero-order chi connectivity index (χ0) is 18.5. The fraction of sp³-hybridized carbons (Fsp3) is 0.444. The summed E-state index contributed by atoms with van der Waals surface area (Å²) < 4.78 is 0. The third-order valence-corrected chi connectivity index (χ3v) is 4.58. The number of aromatic carboxylic acids is 1. The topological polar surface area (TPSA) is 126 Å². The van der Waals surface area contributed by atoms with E-state index in [4.69, 9.17) is 5.73 Å². The molecule has 8 heteroatoms. The van der Waals surface area contributed by atoms with Crippen molar-refractivity contribution in [3.05, 3.63) is 35.7 Å². The molecule has 2 aromatic heterocycles. The number of aryl methyl sites for hydroxylation is 1. The van der Waals surface area contributed by atoms with E-state index in [1.165, 1.54) is 0 Å². The van der Waals surface area contributed by atoms with Gasteiger partial charge >= 0.3 is 5.97 Å². The predicted molar refractivity (Wildman–Crippen MR) is 99.7 cm³/mol. The molecule has 138 valence electrons. The molecule has 0 aromatic carbocycles. The maximum Gasteiger partial charge on any atom is 0.358 e. The average Bonchev–Trinajstić information content (AvgIpc) is 2.64. The Morgan fingerprint density at radius 2 is 2.08 bits per heavy atom. The number of hydrogen-bond donors (Lipinski definition) is 4. The molecule has 2 aromatic rings. The summed E-state index contributed by atoms with van der Waals surface area (Å²) in [5, 5.41) is 23.6. The lowest BCUT2D eigenvalue weighted by Crippen LogP contribution is -2.42. The Bertz CT molecular complexity index is 782. The van der Waals surface area contributed by atoms with Gasteiger partial charge in [0.1, 0.15) is 5.82 Å². The summed E-state index contributed by atoms with van der Waals surface area (Å²) in [4.78, 5) is 15.9. The quantitative estimate of drug-likeness (QED) is 0.622. The predicted octanol–water partition coefficient (Wildman–Crippen LogP) is 2.56. The van der Waals surface area contributed by atoms with Gasteiger partial charge in [-0.25, -0.2) is 9.78 Å². The van der Waals surface area contributed by atoms with Gasteiger partial charge in [0.25, 0.3) is 0 Å². The van der Waals surface area contributed by atoms with Crippen molar-refractivity contribution in [2.24, 2.45) is 5.73 Å². The van der Waals surface area contributed by atoms with Gasteiger partial charge in [-0.3, -0.25) is 0 Å². The van der Waals surface area contributed by atoms with Crippen molar-refractivity contribution >= 4 is 23.3 Å². The fourth-order valence-electron chi connectivity index (χ4n) is 3.13. The second kappa shape index (κ2) is 8.09. The van der Waals surface area contributed by atoms with Gasteiger partial charge in [0, 0.05) is 23.8 Å². The maximum atomic E-state index is 11.5.